The molecule has 41 heavy (non-hydrogen) atoms. The molecule has 3 saturated carbocycles. The van der Waals surface area contributed by atoms with Gasteiger partial charge in [-0.05, 0) is 104 Å². The zero-order valence-corrected chi connectivity index (χ0v) is 26.1. The Morgan fingerprint density at radius 2 is 1.80 bits per heavy atom. The third-order valence-electron chi connectivity index (χ3n) is 12.3. The number of benzene rings is 1. The van der Waals surface area contributed by atoms with Crippen molar-refractivity contribution >= 4 is 5.97 Å². The van der Waals surface area contributed by atoms with Gasteiger partial charge in [0.1, 0.15) is 17.9 Å². The molecular weight excluding hydrogens is 510 g/mol. The molecule has 0 aliphatic heterocycles. The normalized spacial score (nSPS) is 37.9. The Kier molecular flexibility index (Phi) is 8.98. The number of ether oxygens (including phenoxy) is 1. The van der Waals surface area contributed by atoms with Crippen molar-refractivity contribution in [3.8, 4) is 5.75 Å². The first-order valence-corrected chi connectivity index (χ1v) is 16.5. The van der Waals surface area contributed by atoms with Crippen molar-refractivity contribution in [3.05, 3.63) is 41.5 Å². The zero-order valence-electron chi connectivity index (χ0n) is 26.1. The van der Waals surface area contributed by atoms with Crippen molar-refractivity contribution in [2.75, 3.05) is 0 Å². The summed E-state index contributed by atoms with van der Waals surface area (Å²) < 4.78 is 6.29. The van der Waals surface area contributed by atoms with E-state index in [1.54, 1.807) is 24.3 Å². The number of rotatable bonds is 9. The van der Waals surface area contributed by atoms with Crippen molar-refractivity contribution in [2.45, 2.75) is 123 Å². The van der Waals surface area contributed by atoms with E-state index >= 15 is 0 Å². The summed E-state index contributed by atoms with van der Waals surface area (Å²) in [5.41, 5.74) is 8.68. The predicted octanol–water partition coefficient (Wildman–Crippen LogP) is 7.19. The Hall–Kier alpha value is -1.85. The van der Waals surface area contributed by atoms with E-state index in [1.165, 1.54) is 50.5 Å². The maximum atomic E-state index is 13.3. The number of fused-ring (bicyclic) bond motifs is 5. The van der Waals surface area contributed by atoms with Crippen LogP contribution in [0.3, 0.4) is 0 Å². The fourth-order valence-corrected chi connectivity index (χ4v) is 10.1. The van der Waals surface area contributed by atoms with Gasteiger partial charge < -0.3 is 20.7 Å². The van der Waals surface area contributed by atoms with Crippen LogP contribution >= 0.6 is 0 Å². The molecule has 4 N–H and O–H groups in total. The smallest absolute Gasteiger partial charge is 0.323 e. The maximum Gasteiger partial charge on any atom is 0.323 e. The first-order valence-electron chi connectivity index (χ1n) is 16.5. The molecule has 4 aliphatic rings. The molecule has 4 aliphatic carbocycles. The van der Waals surface area contributed by atoms with E-state index in [-0.39, 0.29) is 17.3 Å². The van der Waals surface area contributed by atoms with Crippen LogP contribution in [0.1, 0.15) is 104 Å². The summed E-state index contributed by atoms with van der Waals surface area (Å²) in [6, 6.07) is 6.03. The molecule has 5 nitrogen and oxygen atoms in total. The van der Waals surface area contributed by atoms with E-state index in [0.717, 1.165) is 29.7 Å². The van der Waals surface area contributed by atoms with E-state index in [1.807, 2.05) is 0 Å². The molecule has 0 aromatic heterocycles. The summed E-state index contributed by atoms with van der Waals surface area (Å²) in [6.45, 7) is 12.1. The third kappa shape index (κ3) is 5.87. The summed E-state index contributed by atoms with van der Waals surface area (Å²) >= 11 is 0. The highest BCUT2D eigenvalue weighted by Gasteiger charge is 2.61. The van der Waals surface area contributed by atoms with Crippen LogP contribution in [-0.2, 0) is 16.0 Å². The van der Waals surface area contributed by atoms with Crippen molar-refractivity contribution < 1.29 is 19.7 Å². The molecule has 0 saturated heterocycles. The lowest BCUT2D eigenvalue weighted by Crippen LogP contribution is -2.57. The van der Waals surface area contributed by atoms with Gasteiger partial charge in [-0.2, -0.15) is 0 Å². The van der Waals surface area contributed by atoms with Gasteiger partial charge in [-0.25, -0.2) is 0 Å². The molecule has 0 spiro atoms. The Balaban J connectivity index is 1.32. The first-order chi connectivity index (χ1) is 19.4. The molecule has 10 atom stereocenters. The van der Waals surface area contributed by atoms with E-state index in [2.05, 4.69) is 40.7 Å². The number of aliphatic hydroxyl groups is 1. The molecule has 0 heterocycles. The van der Waals surface area contributed by atoms with Crippen molar-refractivity contribution in [2.24, 2.45) is 52.1 Å². The van der Waals surface area contributed by atoms with Crippen LogP contribution in [0.15, 0.2) is 35.9 Å². The minimum atomic E-state index is -0.781. The third-order valence-corrected chi connectivity index (χ3v) is 12.3. The molecule has 0 radical (unpaired) electrons. The standard InChI is InChI=1S/C36H55NO4/c1-22(2)7-6-8-23(3)29-15-16-30-28-14-11-25-20-27(39)21-33(36(25,5)31(28)17-18-35(29,30)4)41-34(40)32(37)19-24-9-12-26(38)13-10-24/h9-13,22-23,27-33,38-39H,6-8,14-21,37H2,1-5H3/t23-,27-,28+,29-,30+,31+,32+,33?,35-,36+/m1/s1. The number of nitrogens with two attached hydrogens (primary N) is 1. The van der Waals surface area contributed by atoms with Gasteiger partial charge in [-0.15, -0.1) is 0 Å². The molecule has 1 aromatic carbocycles. The van der Waals surface area contributed by atoms with E-state index in [0.29, 0.717) is 42.4 Å². The van der Waals surface area contributed by atoms with Crippen molar-refractivity contribution in [1.29, 1.82) is 0 Å². The molecule has 1 aromatic rings. The molecule has 0 amide bonds. The molecular formula is C36H55NO4. The number of phenolic OH excluding ortho intramolecular Hbond substituents is 1. The topological polar surface area (TPSA) is 92.8 Å². The lowest BCUT2D eigenvalue weighted by Gasteiger charge is -2.60. The lowest BCUT2D eigenvalue weighted by atomic mass is 9.46. The molecule has 5 heteroatoms. The molecule has 1 unspecified atom stereocenters. The maximum absolute atomic E-state index is 13.3. The van der Waals surface area contributed by atoms with Gasteiger partial charge in [-0.3, -0.25) is 4.79 Å². The van der Waals surface area contributed by atoms with Gasteiger partial charge >= 0.3 is 5.97 Å². The van der Waals surface area contributed by atoms with Crippen LogP contribution in [0.2, 0.25) is 0 Å². The highest BCUT2D eigenvalue weighted by molar-refractivity contribution is 5.76. The summed E-state index contributed by atoms with van der Waals surface area (Å²) in [6.07, 6.45) is 13.3. The number of hydrogen-bond donors (Lipinski definition) is 3. The average molecular weight is 566 g/mol. The van der Waals surface area contributed by atoms with Gasteiger partial charge in [0.2, 0.25) is 0 Å². The average Bonchev–Trinajstić information content (AvgIpc) is 3.27. The van der Waals surface area contributed by atoms with E-state index in [9.17, 15) is 15.0 Å². The van der Waals surface area contributed by atoms with Gasteiger partial charge in [0, 0.05) is 11.8 Å². The predicted molar refractivity (Wildman–Crippen MR) is 164 cm³/mol. The second-order valence-corrected chi connectivity index (χ2v) is 15.2. The van der Waals surface area contributed by atoms with E-state index in [4.69, 9.17) is 10.5 Å². The van der Waals surface area contributed by atoms with Gasteiger partial charge in [0.05, 0.1) is 6.10 Å². The van der Waals surface area contributed by atoms with Crippen LogP contribution in [0, 0.1) is 46.3 Å². The van der Waals surface area contributed by atoms with Crippen molar-refractivity contribution in [3.63, 3.8) is 0 Å². The fraction of sp³-hybridized carbons (Fsp3) is 0.750. The number of allylic oxidation sites excluding steroid dienone is 1. The van der Waals surface area contributed by atoms with E-state index < -0.39 is 18.1 Å². The number of hydrogen-bond acceptors (Lipinski definition) is 5. The Morgan fingerprint density at radius 1 is 1.07 bits per heavy atom. The minimum absolute atomic E-state index is 0.193. The Morgan fingerprint density at radius 3 is 2.51 bits per heavy atom. The number of aliphatic hydroxyl groups excluding tert-OH is 1. The Bertz CT molecular complexity index is 1100. The second kappa shape index (κ2) is 12.0. The van der Waals surface area contributed by atoms with Gasteiger partial charge in [-0.1, -0.05) is 77.7 Å². The molecule has 5 rings (SSSR count). The van der Waals surface area contributed by atoms with Crippen LogP contribution in [0.4, 0.5) is 0 Å². The van der Waals surface area contributed by atoms with Gasteiger partial charge in [0.25, 0.3) is 0 Å². The first kappa shape index (κ1) is 30.6. The zero-order chi connectivity index (χ0) is 29.5. The SMILES string of the molecule is CC(C)CCC[C@@H](C)[C@H]1CC[C@H]2[C@@H]3CC=C4C[C@@H](O)CC(OC(=O)[C@@H](N)Cc5ccc(O)cc5)[C@]4(C)[C@H]3CC[C@]12C. The quantitative estimate of drug-likeness (QED) is 0.218. The number of carbonyl (C=O) groups is 1. The summed E-state index contributed by atoms with van der Waals surface area (Å²) in [5, 5.41) is 20.4. The number of carbonyl (C=O) groups excluding carboxylic acids is 1. The largest absolute Gasteiger partial charge is 0.508 e. The molecule has 0 bridgehead atoms. The summed E-state index contributed by atoms with van der Waals surface area (Å²) in [7, 11) is 0. The van der Waals surface area contributed by atoms with Crippen molar-refractivity contribution in [1.82, 2.24) is 0 Å². The van der Waals surface area contributed by atoms with Crippen LogP contribution in [-0.4, -0.2) is 34.4 Å². The number of phenols is 1. The highest BCUT2D eigenvalue weighted by atomic mass is 16.5. The summed E-state index contributed by atoms with van der Waals surface area (Å²) in [4.78, 5) is 13.3. The monoisotopic (exact) mass is 565 g/mol. The van der Waals surface area contributed by atoms with Crippen LogP contribution in [0.25, 0.3) is 0 Å². The lowest BCUT2D eigenvalue weighted by molar-refractivity contribution is -0.170. The fourth-order valence-electron chi connectivity index (χ4n) is 10.1. The molecule has 3 fully saturated rings. The minimum Gasteiger partial charge on any atom is -0.508 e. The van der Waals surface area contributed by atoms with Crippen LogP contribution in [0.5, 0.6) is 5.75 Å². The highest BCUT2D eigenvalue weighted by Crippen LogP contribution is 2.67. The molecule has 228 valence electrons. The summed E-state index contributed by atoms with van der Waals surface area (Å²) in [5.74, 6) is 3.96. The van der Waals surface area contributed by atoms with Crippen LogP contribution < -0.4 is 5.73 Å². The second-order valence-electron chi connectivity index (χ2n) is 15.2. The number of aromatic hydroxyl groups is 1. The number of esters is 1. The Labute approximate surface area is 248 Å². The van der Waals surface area contributed by atoms with Gasteiger partial charge in [0.15, 0.2) is 0 Å².